The molecule has 146 valence electrons. The van der Waals surface area contributed by atoms with Crippen molar-refractivity contribution >= 4 is 28.7 Å². The Bertz CT molecular complexity index is 1180. The van der Waals surface area contributed by atoms with Gasteiger partial charge in [0.25, 0.3) is 0 Å². The highest BCUT2D eigenvalue weighted by Gasteiger charge is 2.36. The number of hydrogen-bond donors (Lipinski definition) is 2. The summed E-state index contributed by atoms with van der Waals surface area (Å²) in [6.45, 7) is 1.84. The van der Waals surface area contributed by atoms with Crippen LogP contribution in [0, 0.1) is 0 Å². The zero-order chi connectivity index (χ0) is 20.4. The summed E-state index contributed by atoms with van der Waals surface area (Å²) in [5.74, 6) is -0.628. The lowest BCUT2D eigenvalue weighted by atomic mass is 9.93. The van der Waals surface area contributed by atoms with Crippen LogP contribution in [0.4, 0.5) is 4.79 Å². The summed E-state index contributed by atoms with van der Waals surface area (Å²) in [6.07, 6.45) is 1.28. The Morgan fingerprint density at radius 2 is 1.79 bits per heavy atom. The third-order valence-corrected chi connectivity index (χ3v) is 4.65. The molecule has 0 aliphatic carbocycles. The second-order valence-electron chi connectivity index (χ2n) is 6.42. The number of ether oxygens (including phenoxy) is 1. The fourth-order valence-electron chi connectivity index (χ4n) is 3.35. The van der Waals surface area contributed by atoms with Gasteiger partial charge in [0.15, 0.2) is 5.43 Å². The number of nitrogens with one attached hydrogen (secondary N) is 2. The van der Waals surface area contributed by atoms with E-state index in [1.54, 1.807) is 55.5 Å². The van der Waals surface area contributed by atoms with Gasteiger partial charge in [-0.25, -0.2) is 9.59 Å². The van der Waals surface area contributed by atoms with Crippen molar-refractivity contribution in [3.8, 4) is 0 Å². The molecule has 2 N–H and O–H groups in total. The first-order chi connectivity index (χ1) is 14.1. The molecule has 2 aromatic carbocycles. The molecule has 3 aromatic rings. The molecule has 1 aromatic heterocycles. The Hall–Kier alpha value is -3.87. The Morgan fingerprint density at radius 3 is 2.55 bits per heavy atom. The van der Waals surface area contributed by atoms with Crippen LogP contribution < -0.4 is 16.1 Å². The summed E-state index contributed by atoms with van der Waals surface area (Å²) >= 11 is 0. The highest BCUT2D eigenvalue weighted by molar-refractivity contribution is 6.04. The van der Waals surface area contributed by atoms with Crippen molar-refractivity contribution in [3.63, 3.8) is 0 Å². The van der Waals surface area contributed by atoms with Crippen molar-refractivity contribution in [2.75, 3.05) is 6.61 Å². The van der Waals surface area contributed by atoms with E-state index in [9.17, 15) is 14.4 Å². The molecular weight excluding hydrogens is 372 g/mol. The maximum Gasteiger partial charge on any atom is 0.338 e. The zero-order valence-corrected chi connectivity index (χ0v) is 15.6. The van der Waals surface area contributed by atoms with E-state index in [0.717, 1.165) is 0 Å². The molecule has 0 bridgehead atoms. The zero-order valence-electron chi connectivity index (χ0n) is 15.6. The molecule has 0 saturated heterocycles. The summed E-state index contributed by atoms with van der Waals surface area (Å²) in [4.78, 5) is 38.3. The molecule has 1 unspecified atom stereocenters. The SMILES string of the molecule is CCOC(=O)C1=C(c2ccccc2)NC(=O)NC1c1coc2ccccc2c1=O. The Kier molecular flexibility index (Phi) is 4.87. The van der Waals surface area contributed by atoms with Gasteiger partial charge in [-0.15, -0.1) is 0 Å². The normalized spacial score (nSPS) is 16.3. The molecule has 1 atom stereocenters. The van der Waals surface area contributed by atoms with E-state index in [2.05, 4.69) is 10.6 Å². The lowest BCUT2D eigenvalue weighted by molar-refractivity contribution is -0.138. The third kappa shape index (κ3) is 3.38. The highest BCUT2D eigenvalue weighted by atomic mass is 16.5. The van der Waals surface area contributed by atoms with Crippen molar-refractivity contribution in [1.29, 1.82) is 0 Å². The first-order valence-corrected chi connectivity index (χ1v) is 9.14. The van der Waals surface area contributed by atoms with Crippen LogP contribution in [0.2, 0.25) is 0 Å². The number of hydrogen-bond acceptors (Lipinski definition) is 5. The topological polar surface area (TPSA) is 97.6 Å². The van der Waals surface area contributed by atoms with Gasteiger partial charge >= 0.3 is 12.0 Å². The summed E-state index contributed by atoms with van der Waals surface area (Å²) < 4.78 is 10.8. The van der Waals surface area contributed by atoms with E-state index in [1.165, 1.54) is 6.26 Å². The number of carbonyl (C=O) groups is 2. The molecule has 1 aliphatic heterocycles. The smallest absolute Gasteiger partial charge is 0.338 e. The number of carbonyl (C=O) groups excluding carboxylic acids is 2. The molecule has 1 aliphatic rings. The van der Waals surface area contributed by atoms with Gasteiger partial charge < -0.3 is 19.8 Å². The highest BCUT2D eigenvalue weighted by Crippen LogP contribution is 2.31. The Balaban J connectivity index is 1.95. The lowest BCUT2D eigenvalue weighted by Gasteiger charge is -2.29. The molecular formula is C22H18N2O5. The molecule has 2 amide bonds. The fourth-order valence-corrected chi connectivity index (χ4v) is 3.35. The number of para-hydroxylation sites is 1. The van der Waals surface area contributed by atoms with Crippen molar-refractivity contribution < 1.29 is 18.7 Å². The largest absolute Gasteiger partial charge is 0.464 e. The first-order valence-electron chi connectivity index (χ1n) is 9.14. The molecule has 7 nitrogen and oxygen atoms in total. The fraction of sp³-hybridized carbons (Fsp3) is 0.136. The van der Waals surface area contributed by atoms with E-state index >= 15 is 0 Å². The van der Waals surface area contributed by atoms with Crippen LogP contribution in [0.25, 0.3) is 16.7 Å². The van der Waals surface area contributed by atoms with E-state index < -0.39 is 18.0 Å². The molecule has 2 heterocycles. The van der Waals surface area contributed by atoms with Gasteiger partial charge in [0.1, 0.15) is 11.8 Å². The minimum absolute atomic E-state index is 0.139. The van der Waals surface area contributed by atoms with Crippen LogP contribution in [-0.4, -0.2) is 18.6 Å². The standard InChI is InChI=1S/C22H18N2O5/c1-2-28-21(26)17-18(13-8-4-3-5-9-13)23-22(27)24-19(17)15-12-29-16-11-7-6-10-14(16)20(15)25/h3-12,19H,2H2,1H3,(H2,23,24,27). The minimum atomic E-state index is -1.01. The van der Waals surface area contributed by atoms with Crippen molar-refractivity contribution in [2.24, 2.45) is 0 Å². The number of esters is 1. The second-order valence-corrected chi connectivity index (χ2v) is 6.42. The second kappa shape index (κ2) is 7.63. The molecule has 0 saturated carbocycles. The minimum Gasteiger partial charge on any atom is -0.464 e. The number of rotatable bonds is 4. The quantitative estimate of drug-likeness (QED) is 0.667. The van der Waals surface area contributed by atoms with Crippen molar-refractivity contribution in [3.05, 3.63) is 87.8 Å². The predicted octanol–water partition coefficient (Wildman–Crippen LogP) is 3.12. The lowest BCUT2D eigenvalue weighted by Crippen LogP contribution is -2.46. The molecule has 0 radical (unpaired) electrons. The van der Waals surface area contributed by atoms with Crippen LogP contribution in [0.1, 0.15) is 24.1 Å². The monoisotopic (exact) mass is 390 g/mol. The molecule has 4 rings (SSSR count). The van der Waals surface area contributed by atoms with Crippen LogP contribution in [0.3, 0.4) is 0 Å². The summed E-state index contributed by atoms with van der Waals surface area (Å²) in [5.41, 5.74) is 1.31. The summed E-state index contributed by atoms with van der Waals surface area (Å²) in [7, 11) is 0. The molecule has 29 heavy (non-hydrogen) atoms. The number of fused-ring (bicyclic) bond motifs is 1. The Labute approximate surface area is 166 Å². The summed E-state index contributed by atoms with van der Waals surface area (Å²) in [5, 5.41) is 5.70. The average Bonchev–Trinajstić information content (AvgIpc) is 2.74. The molecule has 0 spiro atoms. The molecule has 7 heteroatoms. The summed E-state index contributed by atoms with van der Waals surface area (Å²) in [6, 6.07) is 14.2. The van der Waals surface area contributed by atoms with Crippen molar-refractivity contribution in [1.82, 2.24) is 10.6 Å². The maximum atomic E-state index is 13.1. The van der Waals surface area contributed by atoms with Gasteiger partial charge in [-0.1, -0.05) is 42.5 Å². The predicted molar refractivity (Wildman–Crippen MR) is 107 cm³/mol. The van der Waals surface area contributed by atoms with Crippen molar-refractivity contribution in [2.45, 2.75) is 13.0 Å². The van der Waals surface area contributed by atoms with Crippen LogP contribution >= 0.6 is 0 Å². The van der Waals surface area contributed by atoms with Gasteiger partial charge in [-0.05, 0) is 24.6 Å². The van der Waals surface area contributed by atoms with Gasteiger partial charge in [0.05, 0.1) is 34.9 Å². The average molecular weight is 390 g/mol. The Morgan fingerprint density at radius 1 is 1.07 bits per heavy atom. The van der Waals surface area contributed by atoms with Crippen LogP contribution in [-0.2, 0) is 9.53 Å². The first kappa shape index (κ1) is 18.5. The van der Waals surface area contributed by atoms with Crippen LogP contribution in [0.15, 0.2) is 75.6 Å². The van der Waals surface area contributed by atoms with Gasteiger partial charge in [0, 0.05) is 0 Å². The van der Waals surface area contributed by atoms with E-state index in [1.807, 2.05) is 6.07 Å². The number of benzene rings is 2. The van der Waals surface area contributed by atoms with Gasteiger partial charge in [-0.3, -0.25) is 4.79 Å². The molecule has 0 fully saturated rings. The van der Waals surface area contributed by atoms with E-state index in [-0.39, 0.29) is 23.2 Å². The van der Waals surface area contributed by atoms with Gasteiger partial charge in [0.2, 0.25) is 0 Å². The third-order valence-electron chi connectivity index (χ3n) is 4.65. The van der Waals surface area contributed by atoms with Gasteiger partial charge in [-0.2, -0.15) is 0 Å². The number of amides is 2. The van der Waals surface area contributed by atoms with E-state index in [4.69, 9.17) is 9.15 Å². The maximum absolute atomic E-state index is 13.1. The number of urea groups is 1. The van der Waals surface area contributed by atoms with E-state index in [0.29, 0.717) is 22.2 Å². The van der Waals surface area contributed by atoms with Crippen LogP contribution in [0.5, 0.6) is 0 Å².